The van der Waals surface area contributed by atoms with Crippen molar-refractivity contribution in [1.82, 2.24) is 0 Å². The minimum Gasteiger partial charge on any atom is -0.445 e. The molecular weight excluding hydrogens is 198 g/mol. The van der Waals surface area contributed by atoms with Crippen LogP contribution in [0.25, 0.3) is 0 Å². The molecule has 0 radical (unpaired) electrons. The van der Waals surface area contributed by atoms with Crippen molar-refractivity contribution in [2.45, 2.75) is 18.4 Å². The average molecular weight is 203 g/mol. The van der Waals surface area contributed by atoms with E-state index in [2.05, 4.69) is 20.7 Å². The third-order valence-electron chi connectivity index (χ3n) is 0.477. The van der Waals surface area contributed by atoms with Crippen LogP contribution in [0.3, 0.4) is 0 Å². The van der Waals surface area contributed by atoms with E-state index in [1.807, 2.05) is 0 Å². The van der Waals surface area contributed by atoms with Gasteiger partial charge in [0.15, 0.2) is 0 Å². The zero-order chi connectivity index (χ0) is 7.44. The van der Waals surface area contributed by atoms with Crippen LogP contribution in [-0.2, 0) is 9.53 Å². The Labute approximate surface area is 59.3 Å². The van der Waals surface area contributed by atoms with Crippen LogP contribution in [0.2, 0.25) is 0 Å². The summed E-state index contributed by atoms with van der Waals surface area (Å²) in [5.41, 5.74) is 0. The molecular formula is C4H5BrF2O2. The van der Waals surface area contributed by atoms with E-state index in [0.29, 0.717) is 0 Å². The van der Waals surface area contributed by atoms with Crippen molar-refractivity contribution < 1.29 is 18.3 Å². The van der Waals surface area contributed by atoms with E-state index in [4.69, 9.17) is 0 Å². The SMILES string of the molecule is CC(=O)OC(Br)C(F)F. The molecule has 1 atom stereocenters. The topological polar surface area (TPSA) is 26.3 Å². The molecule has 54 valence electrons. The van der Waals surface area contributed by atoms with Crippen LogP contribution < -0.4 is 0 Å². The molecule has 0 aliphatic heterocycles. The van der Waals surface area contributed by atoms with Gasteiger partial charge in [-0.1, -0.05) is 0 Å². The van der Waals surface area contributed by atoms with Crippen LogP contribution in [-0.4, -0.2) is 17.4 Å². The lowest BCUT2D eigenvalue weighted by molar-refractivity contribution is -0.146. The minimum atomic E-state index is -2.67. The maximum Gasteiger partial charge on any atom is 0.303 e. The van der Waals surface area contributed by atoms with Crippen LogP contribution in [0.4, 0.5) is 8.78 Å². The second-order valence-corrected chi connectivity index (χ2v) is 2.20. The molecule has 0 aromatic carbocycles. The van der Waals surface area contributed by atoms with E-state index >= 15 is 0 Å². The summed E-state index contributed by atoms with van der Waals surface area (Å²) < 4.78 is 27.0. The Morgan fingerprint density at radius 3 is 2.22 bits per heavy atom. The molecule has 2 nitrogen and oxygen atoms in total. The number of rotatable bonds is 2. The third kappa shape index (κ3) is 4.32. The minimum absolute atomic E-state index is 0.725. The first-order valence-electron chi connectivity index (χ1n) is 2.13. The average Bonchev–Trinajstić information content (AvgIpc) is 1.63. The predicted octanol–water partition coefficient (Wildman–Crippen LogP) is 1.54. The second-order valence-electron chi connectivity index (χ2n) is 1.30. The fourth-order valence-electron chi connectivity index (χ4n) is 0.210. The normalized spacial score (nSPS) is 13.4. The van der Waals surface area contributed by atoms with E-state index < -0.39 is 17.4 Å². The highest BCUT2D eigenvalue weighted by atomic mass is 79.9. The van der Waals surface area contributed by atoms with Gasteiger partial charge in [-0.2, -0.15) is 0 Å². The van der Waals surface area contributed by atoms with E-state index in [1.165, 1.54) is 0 Å². The highest BCUT2D eigenvalue weighted by Gasteiger charge is 2.18. The fourth-order valence-corrected chi connectivity index (χ4v) is 0.473. The Bertz CT molecular complexity index is 107. The van der Waals surface area contributed by atoms with Crippen molar-refractivity contribution >= 4 is 21.9 Å². The predicted molar refractivity (Wildman–Crippen MR) is 30.5 cm³/mol. The first-order chi connectivity index (χ1) is 4.04. The molecule has 0 saturated heterocycles. The lowest BCUT2D eigenvalue weighted by atomic mass is 10.7. The molecule has 0 saturated carbocycles. The van der Waals surface area contributed by atoms with Gasteiger partial charge in [0, 0.05) is 6.92 Å². The van der Waals surface area contributed by atoms with E-state index in [9.17, 15) is 13.6 Å². The van der Waals surface area contributed by atoms with Crippen LogP contribution in [0, 0.1) is 0 Å². The van der Waals surface area contributed by atoms with Gasteiger partial charge in [0.25, 0.3) is 6.43 Å². The molecule has 0 aromatic heterocycles. The molecule has 9 heavy (non-hydrogen) atoms. The maximum atomic E-state index is 11.5. The van der Waals surface area contributed by atoms with Gasteiger partial charge in [0.2, 0.25) is 5.01 Å². The first-order valence-corrected chi connectivity index (χ1v) is 3.05. The summed E-state index contributed by atoms with van der Waals surface area (Å²) >= 11 is 2.45. The van der Waals surface area contributed by atoms with Gasteiger partial charge < -0.3 is 4.74 Å². The number of carbonyl (C=O) groups is 1. The summed E-state index contributed by atoms with van der Waals surface area (Å²) in [6.45, 7) is 1.07. The number of hydrogen-bond donors (Lipinski definition) is 0. The largest absolute Gasteiger partial charge is 0.445 e. The van der Waals surface area contributed by atoms with Crippen LogP contribution in [0.5, 0.6) is 0 Å². The van der Waals surface area contributed by atoms with Crippen molar-refractivity contribution in [3.05, 3.63) is 0 Å². The highest BCUT2D eigenvalue weighted by molar-refractivity contribution is 9.09. The second kappa shape index (κ2) is 3.76. The number of carbonyl (C=O) groups excluding carboxylic acids is 1. The molecule has 0 heterocycles. The van der Waals surface area contributed by atoms with Gasteiger partial charge in [0.05, 0.1) is 0 Å². The van der Waals surface area contributed by atoms with Gasteiger partial charge in [0.1, 0.15) is 0 Å². The molecule has 0 bridgehead atoms. The number of halogens is 3. The van der Waals surface area contributed by atoms with Gasteiger partial charge in [-0.25, -0.2) is 8.78 Å². The summed E-state index contributed by atoms with van der Waals surface area (Å²) in [5.74, 6) is -0.725. The Hall–Kier alpha value is -0.190. The van der Waals surface area contributed by atoms with Crippen LogP contribution in [0.15, 0.2) is 0 Å². The van der Waals surface area contributed by atoms with Crippen molar-refractivity contribution in [3.63, 3.8) is 0 Å². The Morgan fingerprint density at radius 2 is 2.11 bits per heavy atom. The zero-order valence-corrected chi connectivity index (χ0v) is 6.19. The summed E-state index contributed by atoms with van der Waals surface area (Å²) in [7, 11) is 0. The standard InChI is InChI=1S/C4H5BrF2O2/c1-2(8)9-3(5)4(6)7/h3-4H,1H3. The summed E-state index contributed by atoms with van der Waals surface area (Å²) in [5, 5.41) is -1.48. The quantitative estimate of drug-likeness (QED) is 0.502. The summed E-state index contributed by atoms with van der Waals surface area (Å²) in [6, 6.07) is 0. The Kier molecular flexibility index (Phi) is 3.68. The molecule has 0 N–H and O–H groups in total. The van der Waals surface area contributed by atoms with E-state index in [1.54, 1.807) is 0 Å². The first kappa shape index (κ1) is 8.81. The van der Waals surface area contributed by atoms with Gasteiger partial charge in [-0.05, 0) is 15.9 Å². The van der Waals surface area contributed by atoms with Gasteiger partial charge in [-0.15, -0.1) is 0 Å². The van der Waals surface area contributed by atoms with Crippen molar-refractivity contribution in [1.29, 1.82) is 0 Å². The number of ether oxygens (including phenoxy) is 1. The fraction of sp³-hybridized carbons (Fsp3) is 0.750. The van der Waals surface area contributed by atoms with Crippen molar-refractivity contribution in [2.75, 3.05) is 0 Å². The number of esters is 1. The van der Waals surface area contributed by atoms with Gasteiger partial charge in [-0.3, -0.25) is 4.79 Å². The smallest absolute Gasteiger partial charge is 0.303 e. The monoisotopic (exact) mass is 202 g/mol. The summed E-state index contributed by atoms with van der Waals surface area (Å²) in [4.78, 5) is 9.97. The molecule has 0 fully saturated rings. The van der Waals surface area contributed by atoms with E-state index in [-0.39, 0.29) is 0 Å². The molecule has 0 amide bonds. The maximum absolute atomic E-state index is 11.5. The lowest BCUT2D eigenvalue weighted by Crippen LogP contribution is -2.17. The Balaban J connectivity index is 3.50. The Morgan fingerprint density at radius 1 is 1.67 bits per heavy atom. The molecule has 0 aliphatic carbocycles. The van der Waals surface area contributed by atoms with Crippen LogP contribution in [0.1, 0.15) is 6.92 Å². The molecule has 0 rings (SSSR count). The van der Waals surface area contributed by atoms with Crippen molar-refractivity contribution in [2.24, 2.45) is 0 Å². The number of hydrogen-bond acceptors (Lipinski definition) is 2. The zero-order valence-electron chi connectivity index (χ0n) is 4.61. The molecule has 0 spiro atoms. The number of alkyl halides is 3. The lowest BCUT2D eigenvalue weighted by Gasteiger charge is -2.06. The highest BCUT2D eigenvalue weighted by Crippen LogP contribution is 2.11. The van der Waals surface area contributed by atoms with Crippen LogP contribution >= 0.6 is 15.9 Å². The third-order valence-corrected chi connectivity index (χ3v) is 1.06. The molecule has 0 aromatic rings. The molecule has 1 unspecified atom stereocenters. The molecule has 5 heteroatoms. The summed E-state index contributed by atoms with van der Waals surface area (Å²) in [6.07, 6.45) is -2.67. The molecule has 0 aliphatic rings. The van der Waals surface area contributed by atoms with Crippen molar-refractivity contribution in [3.8, 4) is 0 Å². The van der Waals surface area contributed by atoms with Gasteiger partial charge >= 0.3 is 5.97 Å². The van der Waals surface area contributed by atoms with E-state index in [0.717, 1.165) is 6.92 Å².